The van der Waals surface area contributed by atoms with Crippen LogP contribution in [0.15, 0.2) is 25.0 Å². The van der Waals surface area contributed by atoms with E-state index in [1.165, 1.54) is 0 Å². The normalized spacial score (nSPS) is 10.4. The molecular formula is C12H21NO3. The number of allylic oxidation sites excluding steroid dienone is 1. The Kier molecular flexibility index (Phi) is 6.30. The molecule has 1 N–H and O–H groups in total. The Hall–Kier alpha value is -1.45. The van der Waals surface area contributed by atoms with E-state index in [-0.39, 0.29) is 0 Å². The largest absolute Gasteiger partial charge is 0.494 e. The van der Waals surface area contributed by atoms with Gasteiger partial charge >= 0.3 is 6.09 Å². The molecule has 0 aliphatic rings. The zero-order chi connectivity index (χ0) is 12.6. The van der Waals surface area contributed by atoms with E-state index < -0.39 is 11.7 Å². The summed E-state index contributed by atoms with van der Waals surface area (Å²) in [6.45, 7) is 13.6. The first-order chi connectivity index (χ1) is 7.35. The Morgan fingerprint density at radius 1 is 1.44 bits per heavy atom. The van der Waals surface area contributed by atoms with Gasteiger partial charge in [-0.2, -0.15) is 0 Å². The number of rotatable bonds is 6. The van der Waals surface area contributed by atoms with Crippen molar-refractivity contribution in [2.45, 2.75) is 32.8 Å². The molecule has 4 nitrogen and oxygen atoms in total. The van der Waals surface area contributed by atoms with Gasteiger partial charge in [-0.25, -0.2) is 4.79 Å². The standard InChI is InChI=1S/C12H21NO3/c1-6-10(2)15-9-7-8-13-11(14)16-12(3,4)5/h6H,1-2,7-9H2,3-5H3,(H,13,14). The van der Waals surface area contributed by atoms with Crippen LogP contribution in [-0.2, 0) is 9.47 Å². The molecular weight excluding hydrogens is 206 g/mol. The molecule has 0 spiro atoms. The minimum atomic E-state index is -0.461. The first-order valence-electron chi connectivity index (χ1n) is 5.26. The van der Waals surface area contributed by atoms with Crippen LogP contribution in [0, 0.1) is 0 Å². The number of carbonyl (C=O) groups is 1. The van der Waals surface area contributed by atoms with E-state index in [0.29, 0.717) is 25.3 Å². The van der Waals surface area contributed by atoms with Crippen molar-refractivity contribution in [3.63, 3.8) is 0 Å². The molecule has 4 heteroatoms. The molecule has 0 atom stereocenters. The summed E-state index contributed by atoms with van der Waals surface area (Å²) in [5, 5.41) is 2.63. The number of alkyl carbamates (subject to hydrolysis) is 1. The van der Waals surface area contributed by atoms with Gasteiger partial charge in [0.25, 0.3) is 0 Å². The van der Waals surface area contributed by atoms with Crippen molar-refractivity contribution in [3.8, 4) is 0 Å². The molecule has 0 saturated heterocycles. The van der Waals surface area contributed by atoms with Crippen LogP contribution in [0.5, 0.6) is 0 Å². The smallest absolute Gasteiger partial charge is 0.407 e. The zero-order valence-electron chi connectivity index (χ0n) is 10.3. The predicted molar refractivity (Wildman–Crippen MR) is 64.1 cm³/mol. The Morgan fingerprint density at radius 2 is 2.06 bits per heavy atom. The van der Waals surface area contributed by atoms with Crippen LogP contribution in [-0.4, -0.2) is 24.8 Å². The van der Waals surface area contributed by atoms with Crippen LogP contribution in [0.4, 0.5) is 4.79 Å². The molecule has 0 saturated carbocycles. The molecule has 1 amide bonds. The molecule has 0 rings (SSSR count). The second kappa shape index (κ2) is 6.93. The summed E-state index contributed by atoms with van der Waals surface area (Å²) in [6.07, 6.45) is 1.84. The quantitative estimate of drug-likeness (QED) is 0.431. The molecule has 0 heterocycles. The Labute approximate surface area is 97.3 Å². The molecule has 0 aromatic carbocycles. The maximum absolute atomic E-state index is 11.2. The lowest BCUT2D eigenvalue weighted by Gasteiger charge is -2.19. The summed E-state index contributed by atoms with van der Waals surface area (Å²) < 4.78 is 10.2. The maximum atomic E-state index is 11.2. The molecule has 0 radical (unpaired) electrons. The van der Waals surface area contributed by atoms with E-state index in [4.69, 9.17) is 9.47 Å². The molecule has 0 aliphatic carbocycles. The number of amides is 1. The lowest BCUT2D eigenvalue weighted by Crippen LogP contribution is -2.33. The number of carbonyl (C=O) groups excluding carboxylic acids is 1. The summed E-state index contributed by atoms with van der Waals surface area (Å²) in [5.74, 6) is 0.539. The van der Waals surface area contributed by atoms with Crippen molar-refractivity contribution in [2.75, 3.05) is 13.2 Å². The van der Waals surface area contributed by atoms with Crippen LogP contribution in [0.2, 0.25) is 0 Å². The van der Waals surface area contributed by atoms with Crippen molar-refractivity contribution in [3.05, 3.63) is 25.0 Å². The highest BCUT2D eigenvalue weighted by Gasteiger charge is 2.15. The molecule has 16 heavy (non-hydrogen) atoms. The zero-order valence-corrected chi connectivity index (χ0v) is 10.3. The Morgan fingerprint density at radius 3 is 2.56 bits per heavy atom. The fourth-order valence-corrected chi connectivity index (χ4v) is 0.839. The Balaban J connectivity index is 3.49. The fourth-order valence-electron chi connectivity index (χ4n) is 0.839. The third-order valence-corrected chi connectivity index (χ3v) is 1.50. The molecule has 0 bridgehead atoms. The monoisotopic (exact) mass is 227 g/mol. The van der Waals surface area contributed by atoms with E-state index in [0.717, 1.165) is 0 Å². The van der Waals surface area contributed by atoms with Gasteiger partial charge in [-0.15, -0.1) is 0 Å². The van der Waals surface area contributed by atoms with Crippen LogP contribution in [0.25, 0.3) is 0 Å². The third-order valence-electron chi connectivity index (χ3n) is 1.50. The minimum Gasteiger partial charge on any atom is -0.494 e. The van der Waals surface area contributed by atoms with E-state index in [2.05, 4.69) is 18.5 Å². The van der Waals surface area contributed by atoms with Crippen molar-refractivity contribution < 1.29 is 14.3 Å². The third kappa shape index (κ3) is 9.12. The van der Waals surface area contributed by atoms with Crippen molar-refractivity contribution in [1.82, 2.24) is 5.32 Å². The van der Waals surface area contributed by atoms with Crippen molar-refractivity contribution in [2.24, 2.45) is 0 Å². The first kappa shape index (κ1) is 14.6. The summed E-state index contributed by atoms with van der Waals surface area (Å²) in [5.41, 5.74) is -0.461. The van der Waals surface area contributed by atoms with E-state index in [1.54, 1.807) is 6.08 Å². The minimum absolute atomic E-state index is 0.407. The van der Waals surface area contributed by atoms with Crippen LogP contribution < -0.4 is 5.32 Å². The molecule has 0 aromatic rings. The first-order valence-corrected chi connectivity index (χ1v) is 5.26. The van der Waals surface area contributed by atoms with Crippen LogP contribution in [0.3, 0.4) is 0 Å². The summed E-state index contributed by atoms with van der Waals surface area (Å²) in [4.78, 5) is 11.2. The van der Waals surface area contributed by atoms with Crippen LogP contribution >= 0.6 is 0 Å². The van der Waals surface area contributed by atoms with Gasteiger partial charge in [-0.3, -0.25) is 0 Å². The number of hydrogen-bond acceptors (Lipinski definition) is 3. The summed E-state index contributed by atoms with van der Waals surface area (Å²) >= 11 is 0. The van der Waals surface area contributed by atoms with E-state index in [9.17, 15) is 4.79 Å². The summed E-state index contributed by atoms with van der Waals surface area (Å²) in [7, 11) is 0. The summed E-state index contributed by atoms with van der Waals surface area (Å²) in [6, 6.07) is 0. The highest BCUT2D eigenvalue weighted by Crippen LogP contribution is 2.06. The predicted octanol–water partition coefficient (Wildman–Crippen LogP) is 2.62. The van der Waals surface area contributed by atoms with Gasteiger partial charge in [-0.05, 0) is 33.3 Å². The molecule has 92 valence electrons. The molecule has 0 unspecified atom stereocenters. The second-order valence-corrected chi connectivity index (χ2v) is 4.30. The van der Waals surface area contributed by atoms with Gasteiger partial charge in [0.1, 0.15) is 11.4 Å². The van der Waals surface area contributed by atoms with Crippen molar-refractivity contribution >= 4 is 6.09 Å². The van der Waals surface area contributed by atoms with Crippen LogP contribution in [0.1, 0.15) is 27.2 Å². The SMILES string of the molecule is C=CC(=C)OCCCNC(=O)OC(C)(C)C. The topological polar surface area (TPSA) is 47.6 Å². The van der Waals surface area contributed by atoms with Gasteiger partial charge in [0.2, 0.25) is 0 Å². The fraction of sp³-hybridized carbons (Fsp3) is 0.583. The highest BCUT2D eigenvalue weighted by molar-refractivity contribution is 5.67. The number of ether oxygens (including phenoxy) is 2. The van der Waals surface area contributed by atoms with Gasteiger partial charge < -0.3 is 14.8 Å². The lowest BCUT2D eigenvalue weighted by atomic mass is 10.2. The van der Waals surface area contributed by atoms with Gasteiger partial charge in [0, 0.05) is 6.54 Å². The molecule has 0 aliphatic heterocycles. The van der Waals surface area contributed by atoms with E-state index in [1.807, 2.05) is 20.8 Å². The van der Waals surface area contributed by atoms with E-state index >= 15 is 0 Å². The van der Waals surface area contributed by atoms with Gasteiger partial charge in [0.15, 0.2) is 0 Å². The molecule has 0 fully saturated rings. The highest BCUT2D eigenvalue weighted by atomic mass is 16.6. The van der Waals surface area contributed by atoms with Crippen molar-refractivity contribution in [1.29, 1.82) is 0 Å². The number of nitrogens with one attached hydrogen (secondary N) is 1. The molecule has 0 aromatic heterocycles. The van der Waals surface area contributed by atoms with Gasteiger partial charge in [0.05, 0.1) is 6.61 Å². The second-order valence-electron chi connectivity index (χ2n) is 4.30. The average molecular weight is 227 g/mol. The maximum Gasteiger partial charge on any atom is 0.407 e. The Bertz CT molecular complexity index is 253. The van der Waals surface area contributed by atoms with Gasteiger partial charge in [-0.1, -0.05) is 13.2 Å². The number of hydrogen-bond donors (Lipinski definition) is 1. The average Bonchev–Trinajstić information content (AvgIpc) is 2.14. The lowest BCUT2D eigenvalue weighted by molar-refractivity contribution is 0.0524.